The maximum Gasteiger partial charge on any atom is 0.0797 e. The predicted octanol–water partition coefficient (Wildman–Crippen LogP) is 1.29. The van der Waals surface area contributed by atoms with Crippen LogP contribution >= 0.6 is 0 Å². The van der Waals surface area contributed by atoms with E-state index in [1.807, 2.05) is 0 Å². The van der Waals surface area contributed by atoms with Crippen molar-refractivity contribution in [2.24, 2.45) is 0 Å². The van der Waals surface area contributed by atoms with E-state index >= 15 is 0 Å². The Kier molecular flexibility index (Phi) is 2.90. The Balaban J connectivity index is 2.49. The summed E-state index contributed by atoms with van der Waals surface area (Å²) in [5.41, 5.74) is -0.424. The van der Waals surface area contributed by atoms with Crippen LogP contribution in [-0.4, -0.2) is 23.3 Å². The summed E-state index contributed by atoms with van der Waals surface area (Å²) in [7, 11) is 0. The Morgan fingerprint density at radius 2 is 2.36 bits per heavy atom. The molecule has 0 aromatic carbocycles. The van der Waals surface area contributed by atoms with E-state index in [4.69, 9.17) is 0 Å². The van der Waals surface area contributed by atoms with Crippen LogP contribution in [0.2, 0.25) is 0 Å². The van der Waals surface area contributed by atoms with Crippen molar-refractivity contribution in [2.75, 3.05) is 6.54 Å². The van der Waals surface area contributed by atoms with Crippen LogP contribution in [-0.2, 0) is 0 Å². The van der Waals surface area contributed by atoms with E-state index in [9.17, 15) is 5.11 Å². The fourth-order valence-electron chi connectivity index (χ4n) is 1.89. The first-order chi connectivity index (χ1) is 5.19. The summed E-state index contributed by atoms with van der Waals surface area (Å²) < 4.78 is 0. The van der Waals surface area contributed by atoms with E-state index in [2.05, 4.69) is 19.2 Å². The molecule has 1 heterocycles. The highest BCUT2D eigenvalue weighted by molar-refractivity contribution is 4.91. The Morgan fingerprint density at radius 1 is 1.64 bits per heavy atom. The molecule has 1 aliphatic heterocycles. The van der Waals surface area contributed by atoms with Gasteiger partial charge in [-0.05, 0) is 32.7 Å². The summed E-state index contributed by atoms with van der Waals surface area (Å²) >= 11 is 0. The SMILES string of the molecule is CCCC1(O)CCCNC1C. The molecule has 2 atom stereocenters. The quantitative estimate of drug-likeness (QED) is 0.633. The highest BCUT2D eigenvalue weighted by atomic mass is 16.3. The van der Waals surface area contributed by atoms with Gasteiger partial charge in [-0.2, -0.15) is 0 Å². The van der Waals surface area contributed by atoms with Gasteiger partial charge in [0.05, 0.1) is 5.60 Å². The summed E-state index contributed by atoms with van der Waals surface area (Å²) in [4.78, 5) is 0. The highest BCUT2D eigenvalue weighted by Gasteiger charge is 2.34. The van der Waals surface area contributed by atoms with Gasteiger partial charge in [0.15, 0.2) is 0 Å². The van der Waals surface area contributed by atoms with Crippen LogP contribution < -0.4 is 5.32 Å². The maximum absolute atomic E-state index is 10.1. The zero-order chi connectivity index (χ0) is 8.32. The molecule has 2 nitrogen and oxygen atoms in total. The molecule has 1 rings (SSSR count). The average Bonchev–Trinajstić information content (AvgIpc) is 1.96. The average molecular weight is 157 g/mol. The molecule has 0 aromatic heterocycles. The van der Waals surface area contributed by atoms with Gasteiger partial charge in [0, 0.05) is 6.04 Å². The van der Waals surface area contributed by atoms with Crippen molar-refractivity contribution in [3.05, 3.63) is 0 Å². The third-order valence-electron chi connectivity index (χ3n) is 2.73. The van der Waals surface area contributed by atoms with Crippen molar-refractivity contribution in [2.45, 2.75) is 51.2 Å². The van der Waals surface area contributed by atoms with E-state index < -0.39 is 5.60 Å². The molecule has 1 fully saturated rings. The van der Waals surface area contributed by atoms with Crippen molar-refractivity contribution in [1.29, 1.82) is 0 Å². The highest BCUT2D eigenvalue weighted by Crippen LogP contribution is 2.26. The van der Waals surface area contributed by atoms with Gasteiger partial charge in [-0.1, -0.05) is 13.3 Å². The molecular weight excluding hydrogens is 138 g/mol. The molecule has 66 valence electrons. The number of piperidine rings is 1. The van der Waals surface area contributed by atoms with E-state index in [1.165, 1.54) is 0 Å². The largest absolute Gasteiger partial charge is 0.388 e. The summed E-state index contributed by atoms with van der Waals surface area (Å²) in [6, 6.07) is 0.274. The maximum atomic E-state index is 10.1. The Labute approximate surface area is 69.0 Å². The molecule has 0 aliphatic carbocycles. The number of hydrogen-bond acceptors (Lipinski definition) is 2. The van der Waals surface area contributed by atoms with Crippen LogP contribution in [0.25, 0.3) is 0 Å². The monoisotopic (exact) mass is 157 g/mol. The minimum absolute atomic E-state index is 0.274. The Bertz CT molecular complexity index is 123. The van der Waals surface area contributed by atoms with Gasteiger partial charge >= 0.3 is 0 Å². The second-order valence-electron chi connectivity index (χ2n) is 3.63. The molecule has 1 saturated heterocycles. The number of aliphatic hydroxyl groups is 1. The van der Waals surface area contributed by atoms with Gasteiger partial charge in [0.2, 0.25) is 0 Å². The third kappa shape index (κ3) is 1.94. The van der Waals surface area contributed by atoms with E-state index in [0.29, 0.717) is 0 Å². The molecule has 1 aliphatic rings. The van der Waals surface area contributed by atoms with Gasteiger partial charge in [-0.25, -0.2) is 0 Å². The standard InChI is InChI=1S/C9H19NO/c1-3-5-9(11)6-4-7-10-8(9)2/h8,10-11H,3-7H2,1-2H3. The minimum Gasteiger partial charge on any atom is -0.388 e. The van der Waals surface area contributed by atoms with Crippen molar-refractivity contribution < 1.29 is 5.11 Å². The fourth-order valence-corrected chi connectivity index (χ4v) is 1.89. The predicted molar refractivity (Wildman–Crippen MR) is 46.6 cm³/mol. The minimum atomic E-state index is -0.424. The zero-order valence-corrected chi connectivity index (χ0v) is 7.56. The van der Waals surface area contributed by atoms with Crippen LogP contribution in [0, 0.1) is 0 Å². The van der Waals surface area contributed by atoms with Crippen LogP contribution in [0.15, 0.2) is 0 Å². The van der Waals surface area contributed by atoms with Crippen molar-refractivity contribution in [1.82, 2.24) is 5.32 Å². The van der Waals surface area contributed by atoms with Crippen molar-refractivity contribution in [3.8, 4) is 0 Å². The first-order valence-corrected chi connectivity index (χ1v) is 4.65. The molecule has 0 saturated carbocycles. The van der Waals surface area contributed by atoms with Gasteiger partial charge in [0.25, 0.3) is 0 Å². The summed E-state index contributed by atoms with van der Waals surface area (Å²) in [5.74, 6) is 0. The summed E-state index contributed by atoms with van der Waals surface area (Å²) in [5, 5.41) is 13.4. The zero-order valence-electron chi connectivity index (χ0n) is 7.56. The van der Waals surface area contributed by atoms with Crippen molar-refractivity contribution in [3.63, 3.8) is 0 Å². The molecule has 0 amide bonds. The fraction of sp³-hybridized carbons (Fsp3) is 1.00. The third-order valence-corrected chi connectivity index (χ3v) is 2.73. The van der Waals surface area contributed by atoms with E-state index in [0.717, 1.165) is 32.2 Å². The first-order valence-electron chi connectivity index (χ1n) is 4.65. The second-order valence-corrected chi connectivity index (χ2v) is 3.63. The summed E-state index contributed by atoms with van der Waals surface area (Å²) in [6.45, 7) is 5.27. The lowest BCUT2D eigenvalue weighted by Gasteiger charge is -2.38. The van der Waals surface area contributed by atoms with Crippen LogP contribution in [0.3, 0.4) is 0 Å². The number of rotatable bonds is 2. The van der Waals surface area contributed by atoms with Gasteiger partial charge < -0.3 is 10.4 Å². The lowest BCUT2D eigenvalue weighted by Crippen LogP contribution is -2.53. The normalized spacial score (nSPS) is 39.0. The van der Waals surface area contributed by atoms with Gasteiger partial charge in [-0.15, -0.1) is 0 Å². The number of hydrogen-bond donors (Lipinski definition) is 2. The molecule has 2 heteroatoms. The van der Waals surface area contributed by atoms with Crippen LogP contribution in [0.1, 0.15) is 39.5 Å². The second kappa shape index (κ2) is 3.55. The van der Waals surface area contributed by atoms with Crippen LogP contribution in [0.5, 0.6) is 0 Å². The van der Waals surface area contributed by atoms with Crippen molar-refractivity contribution >= 4 is 0 Å². The van der Waals surface area contributed by atoms with Crippen LogP contribution in [0.4, 0.5) is 0 Å². The molecule has 2 unspecified atom stereocenters. The molecule has 11 heavy (non-hydrogen) atoms. The molecule has 0 aromatic rings. The number of nitrogens with one attached hydrogen (secondary N) is 1. The Morgan fingerprint density at radius 3 is 2.91 bits per heavy atom. The molecular formula is C9H19NO. The Hall–Kier alpha value is -0.0800. The first kappa shape index (κ1) is 9.01. The molecule has 2 N–H and O–H groups in total. The molecule has 0 bridgehead atoms. The summed E-state index contributed by atoms with van der Waals surface area (Å²) in [6.07, 6.45) is 4.08. The van der Waals surface area contributed by atoms with Gasteiger partial charge in [-0.3, -0.25) is 0 Å². The topological polar surface area (TPSA) is 32.3 Å². The molecule has 0 spiro atoms. The lowest BCUT2D eigenvalue weighted by molar-refractivity contribution is -0.0251. The van der Waals surface area contributed by atoms with Gasteiger partial charge in [0.1, 0.15) is 0 Å². The molecule has 0 radical (unpaired) electrons. The smallest absolute Gasteiger partial charge is 0.0797 e. The van der Waals surface area contributed by atoms with E-state index in [-0.39, 0.29) is 6.04 Å². The lowest BCUT2D eigenvalue weighted by atomic mass is 9.83. The van der Waals surface area contributed by atoms with E-state index in [1.54, 1.807) is 0 Å².